The van der Waals surface area contributed by atoms with E-state index in [1.54, 1.807) is 0 Å². The summed E-state index contributed by atoms with van der Waals surface area (Å²) in [5, 5.41) is 9.43. The van der Waals surface area contributed by atoms with E-state index in [0.717, 1.165) is 19.3 Å². The monoisotopic (exact) mass is 256 g/mol. The standard InChI is InChI=1S/C14H16N4O/c15-11-8-16-18-13(11)14(19)17-12-7-3-5-9-4-1-2-6-10(9)12/h1-2,4,6,8,12H,3,5,7,15H2,(H,16,18)(H,17,19). The highest BCUT2D eigenvalue weighted by Gasteiger charge is 2.23. The third kappa shape index (κ3) is 2.19. The lowest BCUT2D eigenvalue weighted by Gasteiger charge is -2.26. The van der Waals surface area contributed by atoms with E-state index in [2.05, 4.69) is 27.6 Å². The van der Waals surface area contributed by atoms with Crippen molar-refractivity contribution in [1.29, 1.82) is 0 Å². The number of hydrogen-bond acceptors (Lipinski definition) is 3. The van der Waals surface area contributed by atoms with Crippen LogP contribution in [0.15, 0.2) is 30.5 Å². The number of nitrogens with one attached hydrogen (secondary N) is 2. The van der Waals surface area contributed by atoms with Crippen LogP contribution in [0.25, 0.3) is 0 Å². The summed E-state index contributed by atoms with van der Waals surface area (Å²) in [5.74, 6) is -0.197. The molecule has 1 aromatic carbocycles. The lowest BCUT2D eigenvalue weighted by atomic mass is 9.87. The Bertz CT molecular complexity index is 605. The second-order valence-electron chi connectivity index (χ2n) is 4.82. The molecule has 0 aliphatic heterocycles. The highest BCUT2D eigenvalue weighted by atomic mass is 16.2. The molecule has 1 heterocycles. The Morgan fingerprint density at radius 3 is 3.05 bits per heavy atom. The van der Waals surface area contributed by atoms with Crippen molar-refractivity contribution in [2.24, 2.45) is 0 Å². The fraction of sp³-hybridized carbons (Fsp3) is 0.286. The molecule has 1 aliphatic rings. The zero-order valence-corrected chi connectivity index (χ0v) is 10.5. The van der Waals surface area contributed by atoms with Crippen LogP contribution in [-0.4, -0.2) is 16.1 Å². The number of benzene rings is 1. The van der Waals surface area contributed by atoms with Crippen LogP contribution in [0.3, 0.4) is 0 Å². The lowest BCUT2D eigenvalue weighted by Crippen LogP contribution is -2.31. The maximum Gasteiger partial charge on any atom is 0.271 e. The number of amides is 1. The molecule has 19 heavy (non-hydrogen) atoms. The fourth-order valence-electron chi connectivity index (χ4n) is 2.61. The van der Waals surface area contributed by atoms with Gasteiger partial charge in [0, 0.05) is 0 Å². The number of anilines is 1. The third-order valence-electron chi connectivity index (χ3n) is 3.57. The fourth-order valence-corrected chi connectivity index (χ4v) is 2.61. The SMILES string of the molecule is Nc1cn[nH]c1C(=O)NC1CCCc2ccccc21. The number of carbonyl (C=O) groups excluding carboxylic acids is 1. The summed E-state index contributed by atoms with van der Waals surface area (Å²) in [7, 11) is 0. The summed E-state index contributed by atoms with van der Waals surface area (Å²) in [6, 6.07) is 8.30. The predicted molar refractivity (Wildman–Crippen MR) is 72.6 cm³/mol. The van der Waals surface area contributed by atoms with Gasteiger partial charge in [0.2, 0.25) is 0 Å². The zero-order chi connectivity index (χ0) is 13.2. The van der Waals surface area contributed by atoms with Crippen LogP contribution in [0.2, 0.25) is 0 Å². The van der Waals surface area contributed by atoms with Crippen LogP contribution in [0.1, 0.15) is 40.5 Å². The van der Waals surface area contributed by atoms with Gasteiger partial charge in [-0.2, -0.15) is 5.10 Å². The Hall–Kier alpha value is -2.30. The number of hydrogen-bond donors (Lipinski definition) is 3. The van der Waals surface area contributed by atoms with Crippen molar-refractivity contribution in [1.82, 2.24) is 15.5 Å². The number of carbonyl (C=O) groups is 1. The molecule has 0 fully saturated rings. The first kappa shape index (κ1) is 11.8. The summed E-state index contributed by atoms with van der Waals surface area (Å²) in [6.07, 6.45) is 4.57. The van der Waals surface area contributed by atoms with E-state index in [0.29, 0.717) is 11.4 Å². The number of nitrogen functional groups attached to an aromatic ring is 1. The molecule has 2 aromatic rings. The van der Waals surface area contributed by atoms with E-state index in [1.165, 1.54) is 17.3 Å². The average molecular weight is 256 g/mol. The van der Waals surface area contributed by atoms with Crippen molar-refractivity contribution in [2.75, 3.05) is 5.73 Å². The van der Waals surface area contributed by atoms with Gasteiger partial charge in [-0.3, -0.25) is 9.89 Å². The predicted octanol–water partition coefficient (Wildman–Crippen LogP) is 1.80. The summed E-state index contributed by atoms with van der Waals surface area (Å²) in [6.45, 7) is 0. The molecule has 3 rings (SSSR count). The van der Waals surface area contributed by atoms with E-state index < -0.39 is 0 Å². The van der Waals surface area contributed by atoms with Crippen molar-refractivity contribution in [3.05, 3.63) is 47.3 Å². The highest BCUT2D eigenvalue weighted by Crippen LogP contribution is 2.29. The Morgan fingerprint density at radius 2 is 2.26 bits per heavy atom. The second kappa shape index (κ2) is 4.76. The van der Waals surface area contributed by atoms with Gasteiger partial charge in [-0.25, -0.2) is 0 Å². The normalized spacial score (nSPS) is 17.8. The number of fused-ring (bicyclic) bond motifs is 1. The van der Waals surface area contributed by atoms with Gasteiger partial charge in [-0.05, 0) is 30.4 Å². The van der Waals surface area contributed by atoms with Gasteiger partial charge in [0.1, 0.15) is 5.69 Å². The molecule has 1 aromatic heterocycles. The Morgan fingerprint density at radius 1 is 1.42 bits per heavy atom. The molecule has 1 atom stereocenters. The topological polar surface area (TPSA) is 83.8 Å². The number of rotatable bonds is 2. The van der Waals surface area contributed by atoms with Crippen LogP contribution in [0, 0.1) is 0 Å². The van der Waals surface area contributed by atoms with Crippen molar-refractivity contribution >= 4 is 11.6 Å². The zero-order valence-electron chi connectivity index (χ0n) is 10.5. The summed E-state index contributed by atoms with van der Waals surface area (Å²) in [5.41, 5.74) is 8.92. The molecule has 0 bridgehead atoms. The maximum absolute atomic E-state index is 12.1. The minimum atomic E-state index is -0.197. The minimum Gasteiger partial charge on any atom is -0.396 e. The van der Waals surface area contributed by atoms with Gasteiger partial charge in [-0.1, -0.05) is 24.3 Å². The van der Waals surface area contributed by atoms with Crippen molar-refractivity contribution in [3.8, 4) is 0 Å². The molecule has 98 valence electrons. The largest absolute Gasteiger partial charge is 0.396 e. The van der Waals surface area contributed by atoms with Crippen molar-refractivity contribution in [2.45, 2.75) is 25.3 Å². The molecule has 4 N–H and O–H groups in total. The lowest BCUT2D eigenvalue weighted by molar-refractivity contribution is 0.0928. The molecule has 0 saturated heterocycles. The molecule has 1 unspecified atom stereocenters. The summed E-state index contributed by atoms with van der Waals surface area (Å²) in [4.78, 5) is 12.1. The van der Waals surface area contributed by atoms with E-state index in [9.17, 15) is 4.79 Å². The number of nitrogens with two attached hydrogens (primary N) is 1. The molecule has 1 aliphatic carbocycles. The van der Waals surface area contributed by atoms with Crippen LogP contribution < -0.4 is 11.1 Å². The summed E-state index contributed by atoms with van der Waals surface area (Å²) < 4.78 is 0. The quantitative estimate of drug-likeness (QED) is 0.766. The molecule has 0 spiro atoms. The minimum absolute atomic E-state index is 0.0557. The Labute approximate surface area is 111 Å². The molecule has 5 heteroatoms. The van der Waals surface area contributed by atoms with Gasteiger partial charge in [0.25, 0.3) is 5.91 Å². The van der Waals surface area contributed by atoms with Crippen LogP contribution >= 0.6 is 0 Å². The molecular formula is C14H16N4O. The first-order valence-corrected chi connectivity index (χ1v) is 6.43. The highest BCUT2D eigenvalue weighted by molar-refractivity contribution is 5.97. The van der Waals surface area contributed by atoms with Gasteiger partial charge in [0.15, 0.2) is 0 Å². The number of aromatic amines is 1. The second-order valence-corrected chi connectivity index (χ2v) is 4.82. The van der Waals surface area contributed by atoms with Gasteiger partial charge in [-0.15, -0.1) is 0 Å². The van der Waals surface area contributed by atoms with Crippen LogP contribution in [0.4, 0.5) is 5.69 Å². The van der Waals surface area contributed by atoms with E-state index in [1.807, 2.05) is 12.1 Å². The van der Waals surface area contributed by atoms with Crippen molar-refractivity contribution in [3.63, 3.8) is 0 Å². The molecule has 1 amide bonds. The van der Waals surface area contributed by atoms with Crippen LogP contribution in [-0.2, 0) is 6.42 Å². The Balaban J connectivity index is 1.82. The first-order chi connectivity index (χ1) is 9.25. The number of nitrogens with zero attached hydrogens (tertiary/aromatic N) is 1. The number of aryl methyl sites for hydroxylation is 1. The molecule has 5 nitrogen and oxygen atoms in total. The first-order valence-electron chi connectivity index (χ1n) is 6.43. The average Bonchev–Trinajstić information content (AvgIpc) is 2.85. The maximum atomic E-state index is 12.1. The number of aromatic nitrogens is 2. The molecule has 0 radical (unpaired) electrons. The molecular weight excluding hydrogens is 240 g/mol. The Kier molecular flexibility index (Phi) is 2.95. The smallest absolute Gasteiger partial charge is 0.271 e. The summed E-state index contributed by atoms with van der Waals surface area (Å²) >= 11 is 0. The van der Waals surface area contributed by atoms with Gasteiger partial charge < -0.3 is 11.1 Å². The number of H-pyrrole nitrogens is 1. The third-order valence-corrected chi connectivity index (χ3v) is 3.57. The molecule has 0 saturated carbocycles. The van der Waals surface area contributed by atoms with E-state index in [-0.39, 0.29) is 11.9 Å². The van der Waals surface area contributed by atoms with E-state index >= 15 is 0 Å². The van der Waals surface area contributed by atoms with E-state index in [4.69, 9.17) is 5.73 Å². The van der Waals surface area contributed by atoms with Gasteiger partial charge in [0.05, 0.1) is 17.9 Å². The van der Waals surface area contributed by atoms with Gasteiger partial charge >= 0.3 is 0 Å². The van der Waals surface area contributed by atoms with Crippen molar-refractivity contribution < 1.29 is 4.79 Å². The van der Waals surface area contributed by atoms with Crippen LogP contribution in [0.5, 0.6) is 0 Å².